The zero-order valence-corrected chi connectivity index (χ0v) is 12.3. The summed E-state index contributed by atoms with van der Waals surface area (Å²) in [5.74, 6) is 0.559. The van der Waals surface area contributed by atoms with E-state index in [-0.39, 0.29) is 11.9 Å². The van der Waals surface area contributed by atoms with E-state index in [2.05, 4.69) is 12.2 Å². The summed E-state index contributed by atoms with van der Waals surface area (Å²) in [4.78, 5) is 13.2. The summed E-state index contributed by atoms with van der Waals surface area (Å²) in [7, 11) is 1.59. The third-order valence-corrected chi connectivity index (χ3v) is 3.48. The van der Waals surface area contributed by atoms with Crippen molar-refractivity contribution in [1.29, 1.82) is 0 Å². The van der Waals surface area contributed by atoms with Crippen molar-refractivity contribution in [3.63, 3.8) is 0 Å². The maximum Gasteiger partial charge on any atom is 0.255 e. The van der Waals surface area contributed by atoms with Crippen molar-refractivity contribution >= 4 is 17.7 Å². The first kappa shape index (κ1) is 14.9. The van der Waals surface area contributed by atoms with E-state index in [0.29, 0.717) is 11.3 Å². The van der Waals surface area contributed by atoms with Crippen LogP contribution in [-0.4, -0.2) is 25.3 Å². The number of ether oxygens (including phenoxy) is 1. The number of nitrogens with one attached hydrogen (secondary N) is 1. The Morgan fingerprint density at radius 1 is 1.50 bits per heavy atom. The van der Waals surface area contributed by atoms with Crippen LogP contribution in [0.1, 0.15) is 37.0 Å². The standard InChI is InChI=1S/C14H21NO2S/c1-5-6-10(2)15-14(16)12-8-7-11(18-4)9-13(12)17-3/h7-10H,5-6H2,1-4H3,(H,15,16)/t10-/m1/s1. The van der Waals surface area contributed by atoms with E-state index in [9.17, 15) is 4.79 Å². The van der Waals surface area contributed by atoms with E-state index >= 15 is 0 Å². The van der Waals surface area contributed by atoms with E-state index in [0.717, 1.165) is 17.7 Å². The second-order valence-corrected chi connectivity index (χ2v) is 5.11. The first-order valence-electron chi connectivity index (χ1n) is 6.15. The van der Waals surface area contributed by atoms with E-state index in [1.54, 1.807) is 18.9 Å². The molecule has 1 aromatic rings. The molecule has 0 saturated heterocycles. The van der Waals surface area contributed by atoms with E-state index in [1.165, 1.54) is 0 Å². The molecule has 1 rings (SSSR count). The first-order valence-corrected chi connectivity index (χ1v) is 7.37. The van der Waals surface area contributed by atoms with E-state index in [4.69, 9.17) is 4.74 Å². The molecule has 1 amide bonds. The Morgan fingerprint density at radius 2 is 2.22 bits per heavy atom. The van der Waals surface area contributed by atoms with Crippen molar-refractivity contribution in [3.05, 3.63) is 23.8 Å². The zero-order valence-electron chi connectivity index (χ0n) is 11.4. The van der Waals surface area contributed by atoms with Crippen molar-refractivity contribution < 1.29 is 9.53 Å². The first-order chi connectivity index (χ1) is 8.62. The number of benzene rings is 1. The predicted octanol–water partition coefficient (Wildman–Crippen LogP) is 3.34. The molecule has 1 atom stereocenters. The lowest BCUT2D eigenvalue weighted by atomic mass is 10.1. The Bertz CT molecular complexity index is 407. The molecule has 1 aromatic carbocycles. The largest absolute Gasteiger partial charge is 0.496 e. The molecule has 1 N–H and O–H groups in total. The van der Waals surface area contributed by atoms with Crippen LogP contribution in [0.2, 0.25) is 0 Å². The van der Waals surface area contributed by atoms with Crippen molar-refractivity contribution in [2.75, 3.05) is 13.4 Å². The molecular formula is C14H21NO2S. The van der Waals surface area contributed by atoms with Gasteiger partial charge in [-0.15, -0.1) is 11.8 Å². The molecular weight excluding hydrogens is 246 g/mol. The fourth-order valence-electron chi connectivity index (χ4n) is 1.79. The third-order valence-electron chi connectivity index (χ3n) is 2.75. The van der Waals surface area contributed by atoms with Crippen LogP contribution in [0.15, 0.2) is 23.1 Å². The highest BCUT2D eigenvalue weighted by Gasteiger charge is 2.14. The Hall–Kier alpha value is -1.16. The lowest BCUT2D eigenvalue weighted by molar-refractivity contribution is 0.0935. The second kappa shape index (κ2) is 7.31. The van der Waals surface area contributed by atoms with Gasteiger partial charge in [0.15, 0.2) is 0 Å². The highest BCUT2D eigenvalue weighted by Crippen LogP contribution is 2.25. The van der Waals surface area contributed by atoms with Gasteiger partial charge >= 0.3 is 0 Å². The molecule has 0 aliphatic carbocycles. The minimum Gasteiger partial charge on any atom is -0.496 e. The molecule has 0 aliphatic rings. The normalized spacial score (nSPS) is 12.0. The average molecular weight is 267 g/mol. The molecule has 0 spiro atoms. The van der Waals surface area contributed by atoms with Gasteiger partial charge in [-0.3, -0.25) is 4.79 Å². The smallest absolute Gasteiger partial charge is 0.255 e. The summed E-state index contributed by atoms with van der Waals surface area (Å²) in [5.41, 5.74) is 0.596. The molecule has 100 valence electrons. The minimum atomic E-state index is -0.0690. The molecule has 0 aliphatic heterocycles. The number of hydrogen-bond acceptors (Lipinski definition) is 3. The Morgan fingerprint density at radius 3 is 2.78 bits per heavy atom. The van der Waals surface area contributed by atoms with Crippen LogP contribution in [-0.2, 0) is 0 Å². The Balaban J connectivity index is 2.84. The molecule has 0 bridgehead atoms. The number of thioether (sulfide) groups is 1. The molecule has 0 heterocycles. The Labute approximate surface area is 113 Å². The van der Waals surface area contributed by atoms with Gasteiger partial charge in [-0.1, -0.05) is 13.3 Å². The highest BCUT2D eigenvalue weighted by atomic mass is 32.2. The molecule has 0 aromatic heterocycles. The molecule has 0 fully saturated rings. The maximum atomic E-state index is 12.1. The fraction of sp³-hybridized carbons (Fsp3) is 0.500. The van der Waals surface area contributed by atoms with Gasteiger partial charge in [0.25, 0.3) is 5.91 Å². The second-order valence-electron chi connectivity index (χ2n) is 4.23. The topological polar surface area (TPSA) is 38.3 Å². The maximum absolute atomic E-state index is 12.1. The lowest BCUT2D eigenvalue weighted by Crippen LogP contribution is -2.32. The molecule has 0 unspecified atom stereocenters. The molecule has 0 saturated carbocycles. The van der Waals surface area contributed by atoms with Crippen molar-refractivity contribution in [2.45, 2.75) is 37.6 Å². The fourth-order valence-corrected chi connectivity index (χ4v) is 2.22. The van der Waals surface area contributed by atoms with Crippen LogP contribution < -0.4 is 10.1 Å². The Kier molecular flexibility index (Phi) is 6.05. The third kappa shape index (κ3) is 3.95. The summed E-state index contributed by atoms with van der Waals surface area (Å²) >= 11 is 1.63. The highest BCUT2D eigenvalue weighted by molar-refractivity contribution is 7.98. The SMILES string of the molecule is CCC[C@@H](C)NC(=O)c1ccc(SC)cc1OC. The van der Waals surface area contributed by atoms with Gasteiger partial charge in [0.2, 0.25) is 0 Å². The zero-order chi connectivity index (χ0) is 13.5. The molecule has 4 heteroatoms. The van der Waals surface area contributed by atoms with Crippen LogP contribution in [0.4, 0.5) is 0 Å². The number of hydrogen-bond donors (Lipinski definition) is 1. The van der Waals surface area contributed by atoms with Gasteiger partial charge in [-0.25, -0.2) is 0 Å². The van der Waals surface area contributed by atoms with Crippen molar-refractivity contribution in [3.8, 4) is 5.75 Å². The number of amides is 1. The number of carbonyl (C=O) groups excluding carboxylic acids is 1. The monoisotopic (exact) mass is 267 g/mol. The van der Waals surface area contributed by atoms with Gasteiger partial charge in [-0.2, -0.15) is 0 Å². The van der Waals surface area contributed by atoms with Gasteiger partial charge < -0.3 is 10.1 Å². The number of carbonyl (C=O) groups is 1. The summed E-state index contributed by atoms with van der Waals surface area (Å²) in [6.07, 6.45) is 4.04. The predicted molar refractivity (Wildman–Crippen MR) is 76.6 cm³/mol. The van der Waals surface area contributed by atoms with Crippen LogP contribution in [0, 0.1) is 0 Å². The number of rotatable bonds is 6. The minimum absolute atomic E-state index is 0.0690. The lowest BCUT2D eigenvalue weighted by Gasteiger charge is -2.15. The van der Waals surface area contributed by atoms with Crippen LogP contribution >= 0.6 is 11.8 Å². The van der Waals surface area contributed by atoms with Crippen LogP contribution in [0.25, 0.3) is 0 Å². The summed E-state index contributed by atoms with van der Waals surface area (Å²) < 4.78 is 5.28. The number of methoxy groups -OCH3 is 1. The quantitative estimate of drug-likeness (QED) is 0.803. The summed E-state index contributed by atoms with van der Waals surface area (Å²) in [6, 6.07) is 5.84. The summed E-state index contributed by atoms with van der Waals surface area (Å²) in [5, 5.41) is 2.98. The van der Waals surface area contributed by atoms with Crippen molar-refractivity contribution in [1.82, 2.24) is 5.32 Å². The van der Waals surface area contributed by atoms with Crippen LogP contribution in [0.3, 0.4) is 0 Å². The van der Waals surface area contributed by atoms with Gasteiger partial charge in [0.05, 0.1) is 12.7 Å². The molecule has 18 heavy (non-hydrogen) atoms. The van der Waals surface area contributed by atoms with Gasteiger partial charge in [-0.05, 0) is 37.8 Å². The van der Waals surface area contributed by atoms with E-state index in [1.807, 2.05) is 31.4 Å². The molecule has 0 radical (unpaired) electrons. The van der Waals surface area contributed by atoms with Gasteiger partial charge in [0.1, 0.15) is 5.75 Å². The van der Waals surface area contributed by atoms with E-state index < -0.39 is 0 Å². The summed E-state index contributed by atoms with van der Waals surface area (Å²) in [6.45, 7) is 4.13. The van der Waals surface area contributed by atoms with Crippen molar-refractivity contribution in [2.24, 2.45) is 0 Å². The van der Waals surface area contributed by atoms with Gasteiger partial charge in [0, 0.05) is 10.9 Å². The van der Waals surface area contributed by atoms with Crippen LogP contribution in [0.5, 0.6) is 5.75 Å². The molecule has 3 nitrogen and oxygen atoms in total. The average Bonchev–Trinajstić information content (AvgIpc) is 2.38.